The number of carbonyl (C=O) groups excluding carboxylic acids is 1. The molecular weight excluding hydrogens is 715 g/mol. The molecule has 4 aromatic rings. The summed E-state index contributed by atoms with van der Waals surface area (Å²) in [5.74, 6) is 1.16. The molecule has 0 aliphatic heterocycles. The number of likely N-dealkylation sites (N-methyl/N-ethyl adjacent to an activating group) is 1. The van der Waals surface area contributed by atoms with E-state index in [0.717, 1.165) is 28.3 Å². The molecule has 0 fully saturated rings. The average molecular weight is 766 g/mol. The third-order valence-electron chi connectivity index (χ3n) is 7.70. The van der Waals surface area contributed by atoms with Crippen molar-refractivity contribution >= 4 is 39.2 Å². The molecule has 4 rings (SSSR count). The third-order valence-corrected chi connectivity index (χ3v) is 9.03. The number of aryl methyl sites for hydroxylation is 2. The number of rotatable bonds is 26. The van der Waals surface area contributed by atoms with E-state index in [-0.39, 0.29) is 24.0 Å². The van der Waals surface area contributed by atoms with Gasteiger partial charge >= 0.3 is 0 Å². The molecule has 1 heterocycles. The zero-order valence-electron chi connectivity index (χ0n) is 31.2. The van der Waals surface area contributed by atoms with Crippen LogP contribution in [0.5, 0.6) is 0 Å². The maximum Gasteiger partial charge on any atom is 0.297 e. The molecule has 292 valence electrons. The predicted octanol–water partition coefficient (Wildman–Crippen LogP) is 4.94. The number of hydrogen-bond acceptors (Lipinski definition) is 13. The number of benzene rings is 3. The Labute approximate surface area is 318 Å². The minimum Gasteiger partial charge on any atom is -0.377 e. The van der Waals surface area contributed by atoms with E-state index >= 15 is 0 Å². The Morgan fingerprint density at radius 3 is 1.80 bits per heavy atom. The van der Waals surface area contributed by atoms with Crippen LogP contribution in [0.3, 0.4) is 0 Å². The molecule has 15 heteroatoms. The predicted molar refractivity (Wildman–Crippen MR) is 207 cm³/mol. The molecular formula is C39H51N5O9S. The quantitative estimate of drug-likeness (QED) is 0.0655. The molecule has 0 aliphatic carbocycles. The van der Waals surface area contributed by atoms with Crippen LogP contribution < -0.4 is 15.5 Å². The number of ether oxygens (including phenoxy) is 5. The van der Waals surface area contributed by atoms with E-state index in [1.807, 2.05) is 86.5 Å². The molecule has 0 radical (unpaired) electrons. The van der Waals surface area contributed by atoms with Crippen molar-refractivity contribution in [3.63, 3.8) is 0 Å². The number of carbonyl (C=O) groups is 1. The summed E-state index contributed by atoms with van der Waals surface area (Å²) < 4.78 is 56.9. The fourth-order valence-electron chi connectivity index (χ4n) is 4.83. The molecule has 0 bridgehead atoms. The molecule has 0 saturated carbocycles. The summed E-state index contributed by atoms with van der Waals surface area (Å²) in [6.07, 6.45) is 0.315. The van der Waals surface area contributed by atoms with Crippen LogP contribution in [0.15, 0.2) is 89.8 Å². The number of amides is 1. The topological polar surface area (TPSA) is 160 Å². The van der Waals surface area contributed by atoms with Gasteiger partial charge in [-0.05, 0) is 55.8 Å². The van der Waals surface area contributed by atoms with Gasteiger partial charge in [-0.25, -0.2) is 4.98 Å². The van der Waals surface area contributed by atoms with Crippen molar-refractivity contribution in [1.82, 2.24) is 9.97 Å². The van der Waals surface area contributed by atoms with E-state index in [4.69, 9.17) is 27.9 Å². The molecule has 54 heavy (non-hydrogen) atoms. The summed E-state index contributed by atoms with van der Waals surface area (Å²) in [5.41, 5.74) is 4.27. The maximum atomic E-state index is 12.4. The second-order valence-electron chi connectivity index (χ2n) is 12.2. The van der Waals surface area contributed by atoms with Gasteiger partial charge in [0.1, 0.15) is 5.82 Å². The summed E-state index contributed by atoms with van der Waals surface area (Å²) in [5, 5.41) is 6.17. The molecule has 0 unspecified atom stereocenters. The summed E-state index contributed by atoms with van der Waals surface area (Å²) in [7, 11) is -1.84. The van der Waals surface area contributed by atoms with Crippen LogP contribution in [0.2, 0.25) is 0 Å². The van der Waals surface area contributed by atoms with Crippen LogP contribution in [0.25, 0.3) is 0 Å². The first-order chi connectivity index (χ1) is 26.2. The first-order valence-electron chi connectivity index (χ1n) is 17.8. The minimum absolute atomic E-state index is 0.0674. The van der Waals surface area contributed by atoms with Gasteiger partial charge in [-0.15, -0.1) is 0 Å². The normalized spacial score (nSPS) is 11.4. The van der Waals surface area contributed by atoms with Gasteiger partial charge in [-0.3, -0.25) is 8.98 Å². The SMILES string of the molecule is Cc1ccc(S(=O)(=O)OCCOCCOCCOCCOCCOCCN(C)c2cc(C)nc(Nc3ccc(NC(=O)Cc4ccccc4)cc3)n2)cc1. The van der Waals surface area contributed by atoms with Crippen LogP contribution in [0.4, 0.5) is 23.1 Å². The van der Waals surface area contributed by atoms with E-state index in [2.05, 4.69) is 20.6 Å². The molecule has 0 saturated heterocycles. The molecule has 0 aliphatic rings. The van der Waals surface area contributed by atoms with Crippen LogP contribution in [-0.4, -0.2) is 111 Å². The summed E-state index contributed by atoms with van der Waals surface area (Å²) in [6, 6.07) is 25.4. The van der Waals surface area contributed by atoms with E-state index in [0.29, 0.717) is 84.1 Å². The lowest BCUT2D eigenvalue weighted by Gasteiger charge is -2.19. The van der Waals surface area contributed by atoms with Crippen molar-refractivity contribution in [3.05, 3.63) is 102 Å². The van der Waals surface area contributed by atoms with Crippen molar-refractivity contribution in [2.24, 2.45) is 0 Å². The van der Waals surface area contributed by atoms with Gasteiger partial charge in [0, 0.05) is 36.7 Å². The highest BCUT2D eigenvalue weighted by molar-refractivity contribution is 7.86. The Morgan fingerprint density at radius 1 is 0.667 bits per heavy atom. The zero-order chi connectivity index (χ0) is 38.4. The lowest BCUT2D eigenvalue weighted by Crippen LogP contribution is -2.24. The monoisotopic (exact) mass is 765 g/mol. The Kier molecular flexibility index (Phi) is 18.3. The third kappa shape index (κ3) is 16.3. The summed E-state index contributed by atoms with van der Waals surface area (Å²) in [4.78, 5) is 23.7. The Morgan fingerprint density at radius 2 is 1.20 bits per heavy atom. The molecule has 3 aromatic carbocycles. The lowest BCUT2D eigenvalue weighted by atomic mass is 10.1. The first-order valence-corrected chi connectivity index (χ1v) is 19.2. The van der Waals surface area contributed by atoms with Crippen LogP contribution in [0, 0.1) is 13.8 Å². The van der Waals surface area contributed by atoms with Crippen molar-refractivity contribution in [1.29, 1.82) is 0 Å². The van der Waals surface area contributed by atoms with Crippen molar-refractivity contribution in [3.8, 4) is 0 Å². The maximum absolute atomic E-state index is 12.4. The molecule has 2 N–H and O–H groups in total. The average Bonchev–Trinajstić information content (AvgIpc) is 3.15. The standard InChI is InChI=1S/C39H51N5O9S/c1-31-9-15-36(16-10-31)54(46,47)53-28-27-52-26-25-51-24-23-50-22-21-49-20-19-48-18-17-44(3)37-29-32(2)40-39(43-37)42-35-13-11-34(12-14-35)41-38(45)30-33-7-5-4-6-8-33/h4-16,29H,17-28,30H2,1-3H3,(H,41,45)(H,40,42,43). The van der Waals surface area contributed by atoms with Crippen molar-refractivity contribution in [2.45, 2.75) is 25.2 Å². The smallest absolute Gasteiger partial charge is 0.297 e. The lowest BCUT2D eigenvalue weighted by molar-refractivity contribution is -0.115. The van der Waals surface area contributed by atoms with Crippen molar-refractivity contribution in [2.75, 3.05) is 102 Å². The Hall–Kier alpha value is -4.48. The Bertz CT molecular complexity index is 1780. The highest BCUT2D eigenvalue weighted by atomic mass is 32.2. The zero-order valence-corrected chi connectivity index (χ0v) is 32.0. The summed E-state index contributed by atoms with van der Waals surface area (Å²) >= 11 is 0. The van der Waals surface area contributed by atoms with Crippen LogP contribution in [-0.2, 0) is 49.2 Å². The minimum atomic E-state index is -3.79. The molecule has 14 nitrogen and oxygen atoms in total. The van der Waals surface area contributed by atoms with Gasteiger partial charge in [0.2, 0.25) is 11.9 Å². The van der Waals surface area contributed by atoms with E-state index < -0.39 is 10.1 Å². The van der Waals surface area contributed by atoms with Gasteiger partial charge in [0.15, 0.2) is 0 Å². The second-order valence-corrected chi connectivity index (χ2v) is 13.8. The fraction of sp³-hybridized carbons (Fsp3) is 0.410. The Balaban J connectivity index is 0.971. The van der Waals surface area contributed by atoms with Gasteiger partial charge < -0.3 is 39.2 Å². The fourth-order valence-corrected chi connectivity index (χ4v) is 5.72. The van der Waals surface area contributed by atoms with Gasteiger partial charge in [-0.2, -0.15) is 13.4 Å². The molecule has 0 spiro atoms. The van der Waals surface area contributed by atoms with Crippen LogP contribution >= 0.6 is 0 Å². The number of nitrogens with zero attached hydrogens (tertiary/aromatic N) is 3. The first kappa shape index (κ1) is 42.3. The van der Waals surface area contributed by atoms with Gasteiger partial charge in [-0.1, -0.05) is 48.0 Å². The highest BCUT2D eigenvalue weighted by Gasteiger charge is 2.14. The number of aromatic nitrogens is 2. The second kappa shape index (κ2) is 23.3. The van der Waals surface area contributed by atoms with E-state index in [9.17, 15) is 13.2 Å². The number of anilines is 4. The van der Waals surface area contributed by atoms with E-state index in [1.165, 1.54) is 12.1 Å². The van der Waals surface area contributed by atoms with Gasteiger partial charge in [0.25, 0.3) is 10.1 Å². The van der Waals surface area contributed by atoms with Crippen LogP contribution in [0.1, 0.15) is 16.8 Å². The van der Waals surface area contributed by atoms with Crippen molar-refractivity contribution < 1.29 is 41.1 Å². The largest absolute Gasteiger partial charge is 0.377 e. The molecule has 1 aromatic heterocycles. The highest BCUT2D eigenvalue weighted by Crippen LogP contribution is 2.20. The van der Waals surface area contributed by atoms with E-state index in [1.54, 1.807) is 12.1 Å². The molecule has 1 amide bonds. The number of nitrogens with one attached hydrogen (secondary N) is 2. The number of hydrogen-bond donors (Lipinski definition) is 2. The van der Waals surface area contributed by atoms with Gasteiger partial charge in [0.05, 0.1) is 84.0 Å². The molecule has 0 atom stereocenters. The summed E-state index contributed by atoms with van der Waals surface area (Å²) in [6.45, 7) is 8.31.